The molecule has 2 N–H and O–H groups in total. The molecule has 31 heavy (non-hydrogen) atoms. The minimum Gasteiger partial charge on any atom is -0.439 e. The van der Waals surface area contributed by atoms with E-state index in [4.69, 9.17) is 4.74 Å². The molecule has 0 atom stereocenters. The second-order valence-corrected chi connectivity index (χ2v) is 7.17. The summed E-state index contributed by atoms with van der Waals surface area (Å²) in [6.45, 7) is 5.22. The van der Waals surface area contributed by atoms with E-state index in [2.05, 4.69) is 44.7 Å². The van der Waals surface area contributed by atoms with E-state index >= 15 is 0 Å². The summed E-state index contributed by atoms with van der Waals surface area (Å²) in [4.78, 5) is 8.60. The van der Waals surface area contributed by atoms with Crippen molar-refractivity contribution in [2.24, 2.45) is 4.99 Å². The van der Waals surface area contributed by atoms with Crippen molar-refractivity contribution in [1.29, 1.82) is 0 Å². The summed E-state index contributed by atoms with van der Waals surface area (Å²) < 4.78 is 7.87. The van der Waals surface area contributed by atoms with Crippen LogP contribution in [0.15, 0.2) is 65.9 Å². The van der Waals surface area contributed by atoms with Crippen molar-refractivity contribution in [2.45, 2.75) is 26.9 Å². The van der Waals surface area contributed by atoms with Gasteiger partial charge in [-0.15, -0.1) is 10.2 Å². The van der Waals surface area contributed by atoms with Crippen molar-refractivity contribution < 1.29 is 4.74 Å². The van der Waals surface area contributed by atoms with Gasteiger partial charge >= 0.3 is 0 Å². The Bertz CT molecular complexity index is 1220. The van der Waals surface area contributed by atoms with Gasteiger partial charge in [0.1, 0.15) is 5.75 Å². The predicted octanol–water partition coefficient (Wildman–Crippen LogP) is 3.40. The molecular weight excluding hydrogens is 390 g/mol. The molecule has 3 heterocycles. The number of ether oxygens (including phenoxy) is 1. The van der Waals surface area contributed by atoms with Crippen LogP contribution in [0.2, 0.25) is 0 Å². The van der Waals surface area contributed by atoms with Gasteiger partial charge in [-0.3, -0.25) is 9.39 Å². The molecule has 0 aliphatic carbocycles. The van der Waals surface area contributed by atoms with Crippen LogP contribution in [0.1, 0.15) is 22.5 Å². The number of pyridine rings is 2. The minimum absolute atomic E-state index is 0.502. The van der Waals surface area contributed by atoms with Gasteiger partial charge in [0.15, 0.2) is 17.4 Å². The fraction of sp³-hybridized carbons (Fsp3) is 0.217. The van der Waals surface area contributed by atoms with E-state index in [-0.39, 0.29) is 0 Å². The highest BCUT2D eigenvalue weighted by atomic mass is 16.5. The third-order valence-electron chi connectivity index (χ3n) is 4.98. The maximum Gasteiger partial charge on any atom is 0.219 e. The standard InChI is InChI=1S/C23H25N7O/c1-16-7-8-19(12-17(16)2)31-22-13-18(9-10-25-22)14-26-23(24-3)27-15-21-29-28-20-6-4-5-11-30(20)21/h4-13H,14-15H2,1-3H3,(H2,24,26,27). The van der Waals surface area contributed by atoms with Gasteiger partial charge in [-0.2, -0.15) is 0 Å². The molecule has 0 amide bonds. The van der Waals surface area contributed by atoms with Gasteiger partial charge in [-0.05, 0) is 60.9 Å². The molecule has 158 valence electrons. The number of nitrogens with zero attached hydrogens (tertiary/aromatic N) is 5. The lowest BCUT2D eigenvalue weighted by molar-refractivity contribution is 0.461. The topological polar surface area (TPSA) is 88.7 Å². The smallest absolute Gasteiger partial charge is 0.219 e. The summed E-state index contributed by atoms with van der Waals surface area (Å²) >= 11 is 0. The zero-order valence-corrected chi connectivity index (χ0v) is 17.8. The highest BCUT2D eigenvalue weighted by molar-refractivity contribution is 5.79. The number of hydrogen-bond donors (Lipinski definition) is 2. The monoisotopic (exact) mass is 415 g/mol. The van der Waals surface area contributed by atoms with Gasteiger partial charge in [-0.25, -0.2) is 4.98 Å². The maximum atomic E-state index is 5.92. The lowest BCUT2D eigenvalue weighted by Crippen LogP contribution is -2.36. The number of nitrogens with one attached hydrogen (secondary N) is 2. The molecule has 0 bridgehead atoms. The Morgan fingerprint density at radius 1 is 1.00 bits per heavy atom. The van der Waals surface area contributed by atoms with Gasteiger partial charge in [0, 0.05) is 32.1 Å². The SMILES string of the molecule is CN=C(NCc1ccnc(Oc2ccc(C)c(C)c2)c1)NCc1nnc2ccccn12. The number of fused-ring (bicyclic) bond motifs is 1. The molecule has 0 aliphatic heterocycles. The first-order valence-electron chi connectivity index (χ1n) is 10.1. The summed E-state index contributed by atoms with van der Waals surface area (Å²) in [6, 6.07) is 15.7. The van der Waals surface area contributed by atoms with E-state index in [1.165, 1.54) is 11.1 Å². The van der Waals surface area contributed by atoms with Crippen LogP contribution < -0.4 is 15.4 Å². The molecular formula is C23H25N7O. The second-order valence-electron chi connectivity index (χ2n) is 7.17. The van der Waals surface area contributed by atoms with Gasteiger partial charge in [0.25, 0.3) is 0 Å². The van der Waals surface area contributed by atoms with Crippen LogP contribution in [-0.4, -0.2) is 32.6 Å². The van der Waals surface area contributed by atoms with Crippen LogP contribution in [0.5, 0.6) is 11.6 Å². The Kier molecular flexibility index (Phi) is 6.07. The first kappa shape index (κ1) is 20.3. The van der Waals surface area contributed by atoms with Crippen LogP contribution >= 0.6 is 0 Å². The molecule has 4 rings (SSSR count). The molecule has 0 radical (unpaired) electrons. The molecule has 0 saturated carbocycles. The Hall–Kier alpha value is -3.94. The normalized spacial score (nSPS) is 11.5. The molecule has 0 unspecified atom stereocenters. The van der Waals surface area contributed by atoms with E-state index in [1.54, 1.807) is 13.2 Å². The van der Waals surface area contributed by atoms with Crippen LogP contribution in [0.25, 0.3) is 5.65 Å². The van der Waals surface area contributed by atoms with Crippen molar-refractivity contribution >= 4 is 11.6 Å². The van der Waals surface area contributed by atoms with Gasteiger partial charge in [-0.1, -0.05) is 12.1 Å². The van der Waals surface area contributed by atoms with Crippen molar-refractivity contribution in [3.63, 3.8) is 0 Å². The van der Waals surface area contributed by atoms with E-state index < -0.39 is 0 Å². The van der Waals surface area contributed by atoms with Gasteiger partial charge in [0.2, 0.25) is 5.88 Å². The highest BCUT2D eigenvalue weighted by Crippen LogP contribution is 2.22. The lowest BCUT2D eigenvalue weighted by atomic mass is 10.1. The summed E-state index contributed by atoms with van der Waals surface area (Å²) in [5.74, 6) is 2.81. The van der Waals surface area contributed by atoms with Crippen molar-refractivity contribution in [2.75, 3.05) is 7.05 Å². The summed E-state index contributed by atoms with van der Waals surface area (Å²) in [6.07, 6.45) is 3.68. The number of benzene rings is 1. The largest absolute Gasteiger partial charge is 0.439 e. The third kappa shape index (κ3) is 4.98. The van der Waals surface area contributed by atoms with Crippen molar-refractivity contribution in [3.8, 4) is 11.6 Å². The average molecular weight is 416 g/mol. The highest BCUT2D eigenvalue weighted by Gasteiger charge is 2.07. The van der Waals surface area contributed by atoms with E-state index in [0.717, 1.165) is 22.8 Å². The van der Waals surface area contributed by atoms with Crippen LogP contribution in [-0.2, 0) is 13.1 Å². The van der Waals surface area contributed by atoms with Gasteiger partial charge in [0.05, 0.1) is 6.54 Å². The minimum atomic E-state index is 0.502. The average Bonchev–Trinajstić information content (AvgIpc) is 3.20. The van der Waals surface area contributed by atoms with Crippen LogP contribution in [0.4, 0.5) is 0 Å². The molecule has 3 aromatic heterocycles. The third-order valence-corrected chi connectivity index (χ3v) is 4.98. The molecule has 4 aromatic rings. The molecule has 1 aromatic carbocycles. The molecule has 8 nitrogen and oxygen atoms in total. The number of hydrogen-bond acceptors (Lipinski definition) is 5. The number of guanidine groups is 1. The zero-order chi connectivity index (χ0) is 21.6. The van der Waals surface area contributed by atoms with Crippen LogP contribution in [0, 0.1) is 13.8 Å². The van der Waals surface area contributed by atoms with Crippen molar-refractivity contribution in [1.82, 2.24) is 30.2 Å². The maximum absolute atomic E-state index is 5.92. The first-order valence-corrected chi connectivity index (χ1v) is 10.1. The molecule has 0 aliphatic rings. The summed E-state index contributed by atoms with van der Waals surface area (Å²) in [5, 5.41) is 15.0. The summed E-state index contributed by atoms with van der Waals surface area (Å²) in [7, 11) is 1.73. The van der Waals surface area contributed by atoms with Crippen molar-refractivity contribution in [3.05, 3.63) is 83.4 Å². The number of aromatic nitrogens is 4. The Morgan fingerprint density at radius 2 is 1.87 bits per heavy atom. The zero-order valence-electron chi connectivity index (χ0n) is 17.8. The molecule has 0 fully saturated rings. The van der Waals surface area contributed by atoms with E-state index in [0.29, 0.717) is 24.9 Å². The fourth-order valence-electron chi connectivity index (χ4n) is 3.10. The fourth-order valence-corrected chi connectivity index (χ4v) is 3.10. The molecule has 8 heteroatoms. The summed E-state index contributed by atoms with van der Waals surface area (Å²) in [5.41, 5.74) is 4.27. The lowest BCUT2D eigenvalue weighted by Gasteiger charge is -2.12. The Morgan fingerprint density at radius 3 is 2.71 bits per heavy atom. The number of rotatable bonds is 6. The van der Waals surface area contributed by atoms with Crippen LogP contribution in [0.3, 0.4) is 0 Å². The first-order chi connectivity index (χ1) is 15.1. The number of aryl methyl sites for hydroxylation is 2. The number of aliphatic imine (C=N–C) groups is 1. The van der Waals surface area contributed by atoms with Gasteiger partial charge < -0.3 is 15.4 Å². The Labute approximate surface area is 181 Å². The molecule has 0 spiro atoms. The molecule has 0 saturated heterocycles. The van der Waals surface area contributed by atoms with E-state index in [9.17, 15) is 0 Å². The predicted molar refractivity (Wildman–Crippen MR) is 120 cm³/mol. The van der Waals surface area contributed by atoms with E-state index in [1.807, 2.05) is 59.1 Å². The Balaban J connectivity index is 1.35. The quantitative estimate of drug-likeness (QED) is 0.371. The second kappa shape index (κ2) is 9.25.